The molecule has 1 fully saturated rings. The predicted molar refractivity (Wildman–Crippen MR) is 124 cm³/mol. The summed E-state index contributed by atoms with van der Waals surface area (Å²) >= 11 is 0. The highest BCUT2D eigenvalue weighted by atomic mass is 19.4. The summed E-state index contributed by atoms with van der Waals surface area (Å²) in [5, 5.41) is 20.1. The van der Waals surface area contributed by atoms with Crippen molar-refractivity contribution < 1.29 is 54.5 Å². The average Bonchev–Trinajstić information content (AvgIpc) is 3.16. The third-order valence-electron chi connectivity index (χ3n) is 6.51. The maximum absolute atomic E-state index is 15.1. The van der Waals surface area contributed by atoms with E-state index in [2.05, 4.69) is 4.98 Å². The molecule has 2 aromatic heterocycles. The Morgan fingerprint density at radius 1 is 0.951 bits per heavy atom. The average molecular weight is 598 g/mol. The molecule has 3 heterocycles. The number of amides is 1. The summed E-state index contributed by atoms with van der Waals surface area (Å²) in [5.74, 6) is -13.9. The summed E-state index contributed by atoms with van der Waals surface area (Å²) in [5.41, 5.74) is -7.99. The largest absolute Gasteiger partial charge is 0.455 e. The Balaban J connectivity index is 1.97. The first-order valence-corrected chi connectivity index (χ1v) is 11.6. The van der Waals surface area contributed by atoms with Gasteiger partial charge in [-0.2, -0.15) is 22.0 Å². The molecular formula is C24H19F9N4O4. The number of aromatic nitrogens is 2. The quantitative estimate of drug-likeness (QED) is 0.390. The van der Waals surface area contributed by atoms with Gasteiger partial charge in [0.05, 0.1) is 17.6 Å². The maximum Gasteiger partial charge on any atom is 0.455 e. The van der Waals surface area contributed by atoms with Crippen molar-refractivity contribution in [2.24, 2.45) is 0 Å². The normalized spacial score (nSPS) is 18.3. The number of alkyl halides is 5. The van der Waals surface area contributed by atoms with Gasteiger partial charge in [0.15, 0.2) is 28.9 Å². The van der Waals surface area contributed by atoms with Crippen molar-refractivity contribution in [3.05, 3.63) is 63.5 Å². The van der Waals surface area contributed by atoms with Crippen LogP contribution in [0.15, 0.2) is 29.2 Å². The number of hydrogen-bond donors (Lipinski definition) is 3. The first kappa shape index (κ1) is 30.1. The predicted octanol–water partition coefficient (Wildman–Crippen LogP) is 3.19. The zero-order chi connectivity index (χ0) is 30.8. The number of β-amino-alcohol motifs (C(OH)–C–C–N with tert-alkyl or cyclic N) is 2. The van der Waals surface area contributed by atoms with Gasteiger partial charge >= 0.3 is 12.1 Å². The van der Waals surface area contributed by atoms with Crippen molar-refractivity contribution in [2.75, 3.05) is 18.0 Å². The SMILES string of the molecule is CC(C)(NC(=O)c1cn(-c2c(F)cc(F)cc2F)c2nc(N3C[C@@H](O)[C@H](O)C3)c(F)cc2c1=O)C(F)(F)C(F)(F)F. The number of hydrogen-bond acceptors (Lipinski definition) is 6. The lowest BCUT2D eigenvalue weighted by molar-refractivity contribution is -0.305. The second-order valence-electron chi connectivity index (χ2n) is 9.82. The van der Waals surface area contributed by atoms with E-state index in [1.807, 2.05) is 0 Å². The molecule has 1 aromatic carbocycles. The van der Waals surface area contributed by atoms with Gasteiger partial charge in [-0.25, -0.2) is 22.5 Å². The molecule has 0 unspecified atom stereocenters. The smallest absolute Gasteiger partial charge is 0.389 e. The van der Waals surface area contributed by atoms with Crippen molar-refractivity contribution in [2.45, 2.75) is 43.7 Å². The summed E-state index contributed by atoms with van der Waals surface area (Å²) in [6.07, 6.45) is -8.45. The monoisotopic (exact) mass is 598 g/mol. The Morgan fingerprint density at radius 2 is 1.49 bits per heavy atom. The molecule has 4 rings (SSSR count). The molecule has 0 saturated carbocycles. The van der Waals surface area contributed by atoms with Gasteiger partial charge in [-0.15, -0.1) is 0 Å². The van der Waals surface area contributed by atoms with Gasteiger partial charge in [0.1, 0.15) is 22.6 Å². The van der Waals surface area contributed by atoms with Crippen molar-refractivity contribution >= 4 is 22.8 Å². The Kier molecular flexibility index (Phi) is 7.27. The molecule has 17 heteroatoms. The molecule has 8 nitrogen and oxygen atoms in total. The van der Waals surface area contributed by atoms with E-state index in [0.29, 0.717) is 30.7 Å². The number of aliphatic hydroxyl groups excluding tert-OH is 2. The van der Waals surface area contributed by atoms with Crippen LogP contribution in [0.1, 0.15) is 24.2 Å². The lowest BCUT2D eigenvalue weighted by Crippen LogP contribution is -2.62. The fraction of sp³-hybridized carbons (Fsp3) is 0.375. The van der Waals surface area contributed by atoms with Crippen LogP contribution in [0.5, 0.6) is 0 Å². The zero-order valence-electron chi connectivity index (χ0n) is 20.8. The number of anilines is 1. The maximum atomic E-state index is 15.1. The van der Waals surface area contributed by atoms with Gasteiger partial charge in [-0.1, -0.05) is 0 Å². The summed E-state index contributed by atoms with van der Waals surface area (Å²) in [6.45, 7) is -0.0977. The first-order valence-electron chi connectivity index (χ1n) is 11.6. The highest BCUT2D eigenvalue weighted by Crippen LogP contribution is 2.43. The van der Waals surface area contributed by atoms with Gasteiger partial charge in [-0.3, -0.25) is 14.2 Å². The lowest BCUT2D eigenvalue weighted by Gasteiger charge is -2.35. The minimum atomic E-state index is -6.13. The summed E-state index contributed by atoms with van der Waals surface area (Å²) < 4.78 is 126. The number of halogens is 9. The topological polar surface area (TPSA) is 108 Å². The van der Waals surface area contributed by atoms with Crippen LogP contribution in [-0.2, 0) is 0 Å². The van der Waals surface area contributed by atoms with Crippen LogP contribution >= 0.6 is 0 Å². The van der Waals surface area contributed by atoms with Crippen LogP contribution in [0.25, 0.3) is 16.7 Å². The number of benzene rings is 1. The molecule has 1 saturated heterocycles. The van der Waals surface area contributed by atoms with Gasteiger partial charge in [-0.05, 0) is 19.9 Å². The molecule has 0 radical (unpaired) electrons. The highest BCUT2D eigenvalue weighted by Gasteiger charge is 2.67. The third-order valence-corrected chi connectivity index (χ3v) is 6.51. The standard InChI is InChI=1S/C24H19F9N4O4/c1-22(2,23(29,30)24(31,32)33)35-21(41)11-6-37(17-12(26)3-9(25)4-13(17)27)19-10(18(11)40)5-14(28)20(34-19)36-7-15(38)16(39)8-36/h3-6,15-16,38-39H,7-8H2,1-2H3,(H,35,41)/t15-,16-/m1/s1. The molecular weight excluding hydrogens is 579 g/mol. The molecule has 0 spiro atoms. The van der Waals surface area contributed by atoms with Gasteiger partial charge in [0.25, 0.3) is 5.91 Å². The Morgan fingerprint density at radius 3 is 2.00 bits per heavy atom. The molecule has 3 aromatic rings. The van der Waals surface area contributed by atoms with Crippen LogP contribution in [0, 0.1) is 23.3 Å². The van der Waals surface area contributed by atoms with E-state index in [-0.39, 0.29) is 25.2 Å². The molecule has 222 valence electrons. The fourth-order valence-electron chi connectivity index (χ4n) is 4.26. The van der Waals surface area contributed by atoms with Crippen LogP contribution in [0.4, 0.5) is 45.3 Å². The summed E-state index contributed by atoms with van der Waals surface area (Å²) in [7, 11) is 0. The highest BCUT2D eigenvalue weighted by molar-refractivity contribution is 5.98. The van der Waals surface area contributed by atoms with E-state index in [4.69, 9.17) is 0 Å². The van der Waals surface area contributed by atoms with Crippen molar-refractivity contribution in [3.63, 3.8) is 0 Å². The molecule has 1 aliphatic heterocycles. The van der Waals surface area contributed by atoms with E-state index < -0.39 is 92.6 Å². The number of nitrogens with zero attached hydrogens (tertiary/aromatic N) is 3. The molecule has 2 atom stereocenters. The zero-order valence-corrected chi connectivity index (χ0v) is 20.8. The molecule has 1 aliphatic rings. The number of rotatable bonds is 5. The third kappa shape index (κ3) is 5.07. The van der Waals surface area contributed by atoms with Crippen LogP contribution < -0.4 is 15.6 Å². The van der Waals surface area contributed by atoms with Crippen molar-refractivity contribution in [3.8, 4) is 5.69 Å². The van der Waals surface area contributed by atoms with Crippen LogP contribution in [-0.4, -0.2) is 68.6 Å². The fourth-order valence-corrected chi connectivity index (χ4v) is 4.26. The van der Waals surface area contributed by atoms with Crippen LogP contribution in [0.2, 0.25) is 0 Å². The van der Waals surface area contributed by atoms with Gasteiger partial charge in [0, 0.05) is 31.4 Å². The minimum Gasteiger partial charge on any atom is -0.389 e. The van der Waals surface area contributed by atoms with E-state index in [1.165, 1.54) is 5.32 Å². The Labute approximate surface area is 223 Å². The minimum absolute atomic E-state index is 0.201. The van der Waals surface area contributed by atoms with E-state index in [1.54, 1.807) is 0 Å². The van der Waals surface area contributed by atoms with Crippen LogP contribution in [0.3, 0.4) is 0 Å². The van der Waals surface area contributed by atoms with Crippen molar-refractivity contribution in [1.29, 1.82) is 0 Å². The van der Waals surface area contributed by atoms with E-state index in [0.717, 1.165) is 4.90 Å². The number of carbonyl (C=O) groups is 1. The number of aliphatic hydroxyl groups is 2. The second-order valence-corrected chi connectivity index (χ2v) is 9.82. The van der Waals surface area contributed by atoms with Crippen molar-refractivity contribution in [1.82, 2.24) is 14.9 Å². The molecule has 1 amide bonds. The van der Waals surface area contributed by atoms with E-state index >= 15 is 4.39 Å². The first-order chi connectivity index (χ1) is 18.8. The Hall–Kier alpha value is -3.86. The molecule has 3 N–H and O–H groups in total. The van der Waals surface area contributed by atoms with E-state index in [9.17, 15) is 54.9 Å². The van der Waals surface area contributed by atoms with Gasteiger partial charge in [0.2, 0.25) is 5.43 Å². The number of carbonyl (C=O) groups excluding carboxylic acids is 1. The number of fused-ring (bicyclic) bond motifs is 1. The molecule has 41 heavy (non-hydrogen) atoms. The summed E-state index contributed by atoms with van der Waals surface area (Å²) in [4.78, 5) is 31.0. The Bertz CT molecular complexity index is 1570. The number of nitrogens with one attached hydrogen (secondary N) is 1. The second kappa shape index (κ2) is 9.90. The van der Waals surface area contributed by atoms with Gasteiger partial charge < -0.3 is 20.4 Å². The lowest BCUT2D eigenvalue weighted by atomic mass is 9.94. The molecule has 0 aliphatic carbocycles. The molecule has 0 bridgehead atoms. The number of pyridine rings is 2. The summed E-state index contributed by atoms with van der Waals surface area (Å²) in [6, 6.07) is 0.860.